The van der Waals surface area contributed by atoms with Crippen molar-refractivity contribution in [2.24, 2.45) is 0 Å². The van der Waals surface area contributed by atoms with Gasteiger partial charge in [-0.15, -0.1) is 0 Å². The van der Waals surface area contributed by atoms with Crippen molar-refractivity contribution < 1.29 is 18.3 Å². The van der Waals surface area contributed by atoms with Crippen LogP contribution in [0.25, 0.3) is 0 Å². The molecule has 0 aromatic heterocycles. The molecule has 0 N–H and O–H groups in total. The maximum atomic E-state index is 13.7. The minimum Gasteiger partial charge on any atom is -0.453 e. The van der Waals surface area contributed by atoms with Crippen LogP contribution in [0.4, 0.5) is 8.78 Å². The number of para-hydroxylation sites is 1. The number of hydrogen-bond acceptors (Lipinski definition) is 2. The van der Waals surface area contributed by atoms with E-state index in [0.717, 1.165) is 6.07 Å². The lowest BCUT2D eigenvalue weighted by Crippen LogP contribution is -1.99. The number of ketones is 1. The normalized spacial score (nSPS) is 10.3. The highest BCUT2D eigenvalue weighted by molar-refractivity contribution is 9.10. The molecule has 0 aliphatic carbocycles. The van der Waals surface area contributed by atoms with Crippen molar-refractivity contribution in [3.63, 3.8) is 0 Å². The van der Waals surface area contributed by atoms with Gasteiger partial charge in [-0.2, -0.15) is 0 Å². The third kappa shape index (κ3) is 3.17. The minimum atomic E-state index is -0.673. The first-order chi connectivity index (χ1) is 8.97. The fourth-order valence-corrected chi connectivity index (χ4v) is 2.04. The number of carbonyl (C=O) groups excluding carboxylic acids is 1. The summed E-state index contributed by atoms with van der Waals surface area (Å²) in [5.74, 6) is -1.62. The topological polar surface area (TPSA) is 26.3 Å². The van der Waals surface area contributed by atoms with Gasteiger partial charge in [0.05, 0.1) is 5.56 Å². The Kier molecular flexibility index (Phi) is 3.95. The molecule has 5 heteroatoms. The van der Waals surface area contributed by atoms with Crippen LogP contribution in [0.1, 0.15) is 17.3 Å². The van der Waals surface area contributed by atoms with Gasteiger partial charge in [-0.1, -0.05) is 22.0 Å². The maximum Gasteiger partial charge on any atom is 0.173 e. The van der Waals surface area contributed by atoms with Gasteiger partial charge in [0.25, 0.3) is 0 Å². The SMILES string of the molecule is CC(=O)c1cccc(F)c1Oc1cc(F)cc(Br)c1. The maximum absolute atomic E-state index is 13.7. The van der Waals surface area contributed by atoms with Crippen molar-refractivity contribution in [3.8, 4) is 11.5 Å². The summed E-state index contributed by atoms with van der Waals surface area (Å²) in [5, 5.41) is 0. The Hall–Kier alpha value is -1.75. The fourth-order valence-electron chi connectivity index (χ4n) is 1.60. The van der Waals surface area contributed by atoms with Crippen molar-refractivity contribution >= 4 is 21.7 Å². The molecular weight excluding hydrogens is 318 g/mol. The van der Waals surface area contributed by atoms with E-state index in [1.54, 1.807) is 0 Å². The number of ether oxygens (including phenoxy) is 1. The number of hydrogen-bond donors (Lipinski definition) is 0. The highest BCUT2D eigenvalue weighted by Crippen LogP contribution is 2.30. The molecule has 2 rings (SSSR count). The molecule has 0 atom stereocenters. The molecule has 2 nitrogen and oxygen atoms in total. The first kappa shape index (κ1) is 13.7. The molecule has 0 bridgehead atoms. The van der Waals surface area contributed by atoms with Gasteiger partial charge < -0.3 is 4.74 Å². The van der Waals surface area contributed by atoms with Crippen LogP contribution < -0.4 is 4.74 Å². The van der Waals surface area contributed by atoms with E-state index in [1.165, 1.54) is 37.3 Å². The van der Waals surface area contributed by atoms with Gasteiger partial charge in [0.2, 0.25) is 0 Å². The summed E-state index contributed by atoms with van der Waals surface area (Å²) in [6.45, 7) is 1.31. The van der Waals surface area contributed by atoms with Crippen LogP contribution in [0.5, 0.6) is 11.5 Å². The van der Waals surface area contributed by atoms with Gasteiger partial charge in [-0.25, -0.2) is 8.78 Å². The van der Waals surface area contributed by atoms with E-state index in [0.29, 0.717) is 4.47 Å². The van der Waals surface area contributed by atoms with Crippen molar-refractivity contribution in [1.82, 2.24) is 0 Å². The molecule has 0 heterocycles. The zero-order chi connectivity index (χ0) is 14.0. The average Bonchev–Trinajstić information content (AvgIpc) is 2.30. The van der Waals surface area contributed by atoms with E-state index >= 15 is 0 Å². The van der Waals surface area contributed by atoms with E-state index in [1.807, 2.05) is 0 Å². The van der Waals surface area contributed by atoms with Gasteiger partial charge in [-0.05, 0) is 31.2 Å². The summed E-state index contributed by atoms with van der Waals surface area (Å²) in [4.78, 5) is 11.4. The smallest absolute Gasteiger partial charge is 0.173 e. The zero-order valence-corrected chi connectivity index (χ0v) is 11.5. The summed E-state index contributed by atoms with van der Waals surface area (Å²) in [5.41, 5.74) is 0.111. The summed E-state index contributed by atoms with van der Waals surface area (Å²) in [6, 6.07) is 7.90. The molecule has 0 saturated carbocycles. The summed E-state index contributed by atoms with van der Waals surface area (Å²) >= 11 is 3.11. The van der Waals surface area contributed by atoms with Crippen LogP contribution in [0.3, 0.4) is 0 Å². The Labute approximate surface area is 117 Å². The number of rotatable bonds is 3. The van der Waals surface area contributed by atoms with Crippen molar-refractivity contribution in [3.05, 3.63) is 58.1 Å². The predicted octanol–water partition coefficient (Wildman–Crippen LogP) is 4.72. The minimum absolute atomic E-state index is 0.111. The molecule has 98 valence electrons. The van der Waals surface area contributed by atoms with E-state index in [2.05, 4.69) is 15.9 Å². The second-order valence-corrected chi connectivity index (χ2v) is 4.80. The second kappa shape index (κ2) is 5.48. The standard InChI is InChI=1S/C14H9BrF2O2/c1-8(18)12-3-2-4-13(17)14(12)19-11-6-9(15)5-10(16)7-11/h2-7H,1H3. The second-order valence-electron chi connectivity index (χ2n) is 3.88. The fraction of sp³-hybridized carbons (Fsp3) is 0.0714. The molecule has 0 aliphatic heterocycles. The molecular formula is C14H9BrF2O2. The molecule has 0 amide bonds. The van der Waals surface area contributed by atoms with E-state index < -0.39 is 11.6 Å². The molecule has 0 saturated heterocycles. The number of Topliss-reactive ketones (excluding diaryl/α,β-unsaturated/α-hetero) is 1. The van der Waals surface area contributed by atoms with Crippen molar-refractivity contribution in [1.29, 1.82) is 0 Å². The van der Waals surface area contributed by atoms with Gasteiger partial charge in [0.15, 0.2) is 17.3 Å². The average molecular weight is 327 g/mol. The molecule has 19 heavy (non-hydrogen) atoms. The van der Waals surface area contributed by atoms with Crippen LogP contribution in [0, 0.1) is 11.6 Å². The molecule has 2 aromatic rings. The summed E-state index contributed by atoms with van der Waals surface area (Å²) in [7, 11) is 0. The Morgan fingerprint density at radius 2 is 1.95 bits per heavy atom. The first-order valence-electron chi connectivity index (χ1n) is 5.41. The number of halogens is 3. The molecule has 0 spiro atoms. The number of benzene rings is 2. The van der Waals surface area contributed by atoms with E-state index in [9.17, 15) is 13.6 Å². The first-order valence-corrected chi connectivity index (χ1v) is 6.20. The van der Waals surface area contributed by atoms with Gasteiger partial charge >= 0.3 is 0 Å². The Morgan fingerprint density at radius 1 is 1.21 bits per heavy atom. The monoisotopic (exact) mass is 326 g/mol. The summed E-state index contributed by atoms with van der Waals surface area (Å²) < 4.78 is 32.7. The Morgan fingerprint density at radius 3 is 2.58 bits per heavy atom. The lowest BCUT2D eigenvalue weighted by molar-refractivity contribution is 0.101. The number of carbonyl (C=O) groups is 1. The van der Waals surface area contributed by atoms with E-state index in [-0.39, 0.29) is 22.8 Å². The molecule has 0 unspecified atom stereocenters. The Balaban J connectivity index is 2.45. The van der Waals surface area contributed by atoms with Crippen LogP contribution in [-0.4, -0.2) is 5.78 Å². The quantitative estimate of drug-likeness (QED) is 0.763. The zero-order valence-electron chi connectivity index (χ0n) is 9.91. The molecule has 0 aliphatic rings. The van der Waals surface area contributed by atoms with Crippen LogP contribution >= 0.6 is 15.9 Å². The van der Waals surface area contributed by atoms with Gasteiger partial charge in [-0.3, -0.25) is 4.79 Å². The molecule has 0 fully saturated rings. The van der Waals surface area contributed by atoms with E-state index in [4.69, 9.17) is 4.74 Å². The lowest BCUT2D eigenvalue weighted by Gasteiger charge is -2.10. The Bertz CT molecular complexity index is 621. The third-order valence-corrected chi connectivity index (χ3v) is 2.86. The predicted molar refractivity (Wildman–Crippen MR) is 70.6 cm³/mol. The van der Waals surface area contributed by atoms with Crippen LogP contribution in [0.15, 0.2) is 40.9 Å². The highest BCUT2D eigenvalue weighted by atomic mass is 79.9. The molecule has 2 aromatic carbocycles. The molecule has 0 radical (unpaired) electrons. The van der Waals surface area contributed by atoms with Crippen molar-refractivity contribution in [2.45, 2.75) is 6.92 Å². The van der Waals surface area contributed by atoms with Crippen molar-refractivity contribution in [2.75, 3.05) is 0 Å². The largest absolute Gasteiger partial charge is 0.453 e. The van der Waals surface area contributed by atoms with Crippen LogP contribution in [0.2, 0.25) is 0 Å². The van der Waals surface area contributed by atoms with Gasteiger partial charge in [0.1, 0.15) is 11.6 Å². The third-order valence-electron chi connectivity index (χ3n) is 2.40. The lowest BCUT2D eigenvalue weighted by atomic mass is 10.1. The summed E-state index contributed by atoms with van der Waals surface area (Å²) in [6.07, 6.45) is 0. The highest BCUT2D eigenvalue weighted by Gasteiger charge is 2.14. The van der Waals surface area contributed by atoms with Gasteiger partial charge in [0, 0.05) is 10.5 Å². The van der Waals surface area contributed by atoms with Crippen LogP contribution in [-0.2, 0) is 0 Å².